The molecule has 0 saturated heterocycles. The second-order valence-electron chi connectivity index (χ2n) is 6.03. The van der Waals surface area contributed by atoms with Crippen LogP contribution in [0.5, 0.6) is 0 Å². The Labute approximate surface area is 128 Å². The Balaban J connectivity index is 2.84. The van der Waals surface area contributed by atoms with Gasteiger partial charge in [0, 0.05) is 18.8 Å². The Morgan fingerprint density at radius 1 is 1.38 bits per heavy atom. The molecule has 1 aromatic carbocycles. The van der Waals surface area contributed by atoms with Gasteiger partial charge in [0.25, 0.3) is 0 Å². The minimum atomic E-state index is -0.290. The molecule has 21 heavy (non-hydrogen) atoms. The van der Waals surface area contributed by atoms with Crippen molar-refractivity contribution in [2.75, 3.05) is 24.5 Å². The average Bonchev–Trinajstić information content (AvgIpc) is 2.39. The van der Waals surface area contributed by atoms with Crippen molar-refractivity contribution in [3.8, 4) is 0 Å². The van der Waals surface area contributed by atoms with Crippen LogP contribution in [0.1, 0.15) is 38.3 Å². The minimum Gasteiger partial charge on any atom is -0.368 e. The summed E-state index contributed by atoms with van der Waals surface area (Å²) in [5, 5.41) is 3.42. The van der Waals surface area contributed by atoms with Gasteiger partial charge in [0.05, 0.1) is 6.54 Å². The zero-order valence-corrected chi connectivity index (χ0v) is 13.8. The van der Waals surface area contributed by atoms with Gasteiger partial charge in [-0.2, -0.15) is 0 Å². The fourth-order valence-corrected chi connectivity index (χ4v) is 2.37. The zero-order valence-electron chi connectivity index (χ0n) is 13.8. The Morgan fingerprint density at radius 2 is 2.10 bits per heavy atom. The largest absolute Gasteiger partial charge is 0.368 e. The highest BCUT2D eigenvalue weighted by Gasteiger charge is 2.12. The van der Waals surface area contributed by atoms with Crippen LogP contribution in [0, 0.1) is 12.8 Å². The molecule has 0 aliphatic rings. The third kappa shape index (κ3) is 6.17. The summed E-state index contributed by atoms with van der Waals surface area (Å²) in [5.74, 6) is 0.192. The van der Waals surface area contributed by atoms with Gasteiger partial charge in [-0.15, -0.1) is 0 Å². The highest BCUT2D eigenvalue weighted by atomic mass is 16.1. The van der Waals surface area contributed by atoms with E-state index in [0.29, 0.717) is 5.92 Å². The van der Waals surface area contributed by atoms with Crippen molar-refractivity contribution in [2.45, 2.75) is 40.7 Å². The maximum Gasteiger partial charge on any atom is 0.236 e. The van der Waals surface area contributed by atoms with Crippen molar-refractivity contribution < 1.29 is 4.79 Å². The lowest BCUT2D eigenvalue weighted by molar-refractivity contribution is -0.116. The van der Waals surface area contributed by atoms with E-state index in [4.69, 9.17) is 5.73 Å². The number of nitrogens with zero attached hydrogens (tertiary/aromatic N) is 1. The minimum absolute atomic E-state index is 0.269. The lowest BCUT2D eigenvalue weighted by Crippen LogP contribution is -2.36. The van der Waals surface area contributed by atoms with E-state index in [2.05, 4.69) is 56.1 Å². The number of primary amides is 1. The first-order valence-electron chi connectivity index (χ1n) is 7.77. The first kappa shape index (κ1) is 17.5. The first-order valence-corrected chi connectivity index (χ1v) is 7.77. The fraction of sp³-hybridized carbons (Fsp3) is 0.588. The maximum absolute atomic E-state index is 11.3. The van der Waals surface area contributed by atoms with Crippen molar-refractivity contribution in [2.24, 2.45) is 11.7 Å². The van der Waals surface area contributed by atoms with Crippen LogP contribution in [0.15, 0.2) is 18.2 Å². The summed E-state index contributed by atoms with van der Waals surface area (Å²) in [4.78, 5) is 13.3. The van der Waals surface area contributed by atoms with Gasteiger partial charge < -0.3 is 16.0 Å². The van der Waals surface area contributed by atoms with Crippen LogP contribution >= 0.6 is 0 Å². The third-order valence-electron chi connectivity index (χ3n) is 3.37. The Morgan fingerprint density at radius 3 is 2.62 bits per heavy atom. The quantitative estimate of drug-likeness (QED) is 0.687. The smallest absolute Gasteiger partial charge is 0.236 e. The van der Waals surface area contributed by atoms with Crippen molar-refractivity contribution in [1.29, 1.82) is 0 Å². The van der Waals surface area contributed by atoms with E-state index in [1.165, 1.54) is 11.1 Å². The molecule has 0 aliphatic heterocycles. The number of amides is 1. The summed E-state index contributed by atoms with van der Waals surface area (Å²) in [6, 6.07) is 6.37. The number of nitrogens with two attached hydrogens (primary N) is 1. The maximum atomic E-state index is 11.3. The summed E-state index contributed by atoms with van der Waals surface area (Å²) in [7, 11) is 0. The van der Waals surface area contributed by atoms with E-state index < -0.39 is 0 Å². The average molecular weight is 291 g/mol. The predicted molar refractivity (Wildman–Crippen MR) is 89.4 cm³/mol. The van der Waals surface area contributed by atoms with Crippen LogP contribution in [0.25, 0.3) is 0 Å². The van der Waals surface area contributed by atoms with Crippen LogP contribution < -0.4 is 16.0 Å². The van der Waals surface area contributed by atoms with Gasteiger partial charge in [-0.1, -0.05) is 26.8 Å². The summed E-state index contributed by atoms with van der Waals surface area (Å²) in [6.07, 6.45) is 1.14. The monoisotopic (exact) mass is 291 g/mol. The molecule has 1 aromatic rings. The van der Waals surface area contributed by atoms with E-state index in [-0.39, 0.29) is 12.5 Å². The molecule has 4 heteroatoms. The number of hydrogen-bond acceptors (Lipinski definition) is 3. The molecule has 0 fully saturated rings. The first-order chi connectivity index (χ1) is 9.93. The summed E-state index contributed by atoms with van der Waals surface area (Å²) in [6.45, 7) is 11.6. The second-order valence-corrected chi connectivity index (χ2v) is 6.03. The molecular weight excluding hydrogens is 262 g/mol. The molecule has 0 atom stereocenters. The van der Waals surface area contributed by atoms with Gasteiger partial charge in [-0.3, -0.25) is 4.79 Å². The number of anilines is 1. The van der Waals surface area contributed by atoms with Crippen molar-refractivity contribution >= 4 is 11.6 Å². The van der Waals surface area contributed by atoms with Crippen molar-refractivity contribution in [3.05, 3.63) is 29.3 Å². The fourth-order valence-electron chi connectivity index (χ4n) is 2.37. The molecule has 0 bridgehead atoms. The number of carbonyl (C=O) groups excluding carboxylic acids is 1. The molecule has 1 rings (SSSR count). The van der Waals surface area contributed by atoms with Gasteiger partial charge in [-0.05, 0) is 49.1 Å². The van der Waals surface area contributed by atoms with Crippen molar-refractivity contribution in [3.63, 3.8) is 0 Å². The van der Waals surface area contributed by atoms with Gasteiger partial charge in [0.1, 0.15) is 0 Å². The predicted octanol–water partition coefficient (Wildman–Crippen LogP) is 2.44. The number of hydrogen-bond donors (Lipinski definition) is 2. The normalized spacial score (nSPS) is 10.9. The molecule has 0 spiro atoms. The van der Waals surface area contributed by atoms with Gasteiger partial charge in [0.2, 0.25) is 5.91 Å². The Hall–Kier alpha value is -1.55. The number of nitrogens with one attached hydrogen (secondary N) is 1. The van der Waals surface area contributed by atoms with Crippen LogP contribution in [0.3, 0.4) is 0 Å². The van der Waals surface area contributed by atoms with Crippen LogP contribution in [-0.2, 0) is 11.3 Å². The SMILES string of the molecule is CCCNCc1ccc(N(CC(N)=O)CC(C)C)cc1C. The van der Waals surface area contributed by atoms with Crippen LogP contribution in [0.2, 0.25) is 0 Å². The molecule has 0 radical (unpaired) electrons. The second kappa shape index (κ2) is 8.67. The molecule has 3 N–H and O–H groups in total. The molecule has 0 aliphatic carbocycles. The Kier molecular flexibility index (Phi) is 7.23. The topological polar surface area (TPSA) is 58.4 Å². The van der Waals surface area contributed by atoms with E-state index >= 15 is 0 Å². The highest BCUT2D eigenvalue weighted by Crippen LogP contribution is 2.20. The molecule has 4 nitrogen and oxygen atoms in total. The highest BCUT2D eigenvalue weighted by molar-refractivity contribution is 5.79. The molecule has 0 unspecified atom stereocenters. The molecular formula is C17H29N3O. The molecule has 1 amide bonds. The standard InChI is InChI=1S/C17H29N3O/c1-5-8-19-10-15-6-7-16(9-14(15)4)20(11-13(2)3)12-17(18)21/h6-7,9,13,19H,5,8,10-12H2,1-4H3,(H2,18,21). The van der Waals surface area contributed by atoms with Gasteiger partial charge in [-0.25, -0.2) is 0 Å². The molecule has 0 saturated carbocycles. The van der Waals surface area contributed by atoms with Gasteiger partial charge in [0.15, 0.2) is 0 Å². The number of rotatable bonds is 9. The summed E-state index contributed by atoms with van der Waals surface area (Å²) < 4.78 is 0. The van der Waals surface area contributed by atoms with Gasteiger partial charge >= 0.3 is 0 Å². The van der Waals surface area contributed by atoms with E-state index in [1.807, 2.05) is 0 Å². The lowest BCUT2D eigenvalue weighted by atomic mass is 10.1. The van der Waals surface area contributed by atoms with E-state index in [9.17, 15) is 4.79 Å². The zero-order chi connectivity index (χ0) is 15.8. The van der Waals surface area contributed by atoms with Crippen LogP contribution in [-0.4, -0.2) is 25.5 Å². The molecule has 118 valence electrons. The third-order valence-corrected chi connectivity index (χ3v) is 3.37. The molecule has 0 aromatic heterocycles. The number of benzene rings is 1. The number of aryl methyl sites for hydroxylation is 1. The Bertz CT molecular complexity index is 457. The summed E-state index contributed by atoms with van der Waals surface area (Å²) >= 11 is 0. The van der Waals surface area contributed by atoms with Crippen LogP contribution in [0.4, 0.5) is 5.69 Å². The van der Waals surface area contributed by atoms with E-state index in [0.717, 1.165) is 31.7 Å². The number of carbonyl (C=O) groups is 1. The molecule has 0 heterocycles. The lowest BCUT2D eigenvalue weighted by Gasteiger charge is -2.26. The van der Waals surface area contributed by atoms with Crippen molar-refractivity contribution in [1.82, 2.24) is 5.32 Å². The summed E-state index contributed by atoms with van der Waals surface area (Å²) in [5.41, 5.74) is 8.98. The van der Waals surface area contributed by atoms with E-state index in [1.54, 1.807) is 0 Å².